The van der Waals surface area contributed by atoms with E-state index in [4.69, 9.17) is 16.3 Å². The van der Waals surface area contributed by atoms with Crippen LogP contribution in [0.4, 0.5) is 5.69 Å². The van der Waals surface area contributed by atoms with Gasteiger partial charge in [0, 0.05) is 0 Å². The van der Waals surface area contributed by atoms with Gasteiger partial charge < -0.3 is 4.74 Å². The molecule has 56 valence electrons. The zero-order chi connectivity index (χ0) is 7.68. The van der Waals surface area contributed by atoms with Crippen LogP contribution < -0.4 is 4.74 Å². The van der Waals surface area contributed by atoms with Crippen molar-refractivity contribution in [2.75, 3.05) is 0 Å². The lowest BCUT2D eigenvalue weighted by Crippen LogP contribution is -2.12. The molecule has 1 unspecified atom stereocenters. The van der Waals surface area contributed by atoms with Crippen molar-refractivity contribution in [2.24, 2.45) is 4.99 Å². The van der Waals surface area contributed by atoms with Crippen molar-refractivity contribution in [1.29, 1.82) is 0 Å². The smallest absolute Gasteiger partial charge is 0.207 e. The van der Waals surface area contributed by atoms with E-state index < -0.39 is 5.56 Å². The molecule has 0 saturated heterocycles. The van der Waals surface area contributed by atoms with E-state index >= 15 is 0 Å². The molecule has 0 bridgehead atoms. The van der Waals surface area contributed by atoms with Crippen LogP contribution in [0.1, 0.15) is 0 Å². The Morgan fingerprint density at radius 1 is 1.36 bits per heavy atom. The minimum Gasteiger partial charge on any atom is -0.467 e. The van der Waals surface area contributed by atoms with Crippen LogP contribution in [0.2, 0.25) is 0 Å². The minimum absolute atomic E-state index is 0.426. The van der Waals surface area contributed by atoms with Gasteiger partial charge in [0.05, 0.1) is 6.21 Å². The molecule has 0 spiro atoms. The van der Waals surface area contributed by atoms with Gasteiger partial charge in [-0.05, 0) is 12.1 Å². The number of nitrogens with zero attached hydrogens (tertiary/aromatic N) is 1. The highest BCUT2D eigenvalue weighted by atomic mass is 35.5. The molecular weight excluding hydrogens is 162 g/mol. The van der Waals surface area contributed by atoms with E-state index in [2.05, 4.69) is 4.99 Å². The summed E-state index contributed by atoms with van der Waals surface area (Å²) in [5.74, 6) is 0.745. The number of aliphatic imine (C=N–C) groups is 1. The molecule has 1 aromatic carbocycles. The number of alkyl halides is 1. The first-order valence-corrected chi connectivity index (χ1v) is 3.74. The molecule has 1 aliphatic heterocycles. The topological polar surface area (TPSA) is 21.6 Å². The molecule has 2 nitrogen and oxygen atoms in total. The van der Waals surface area contributed by atoms with Crippen LogP contribution in [-0.4, -0.2) is 11.8 Å². The average Bonchev–Trinajstić information content (AvgIpc) is 2.04. The summed E-state index contributed by atoms with van der Waals surface area (Å²) >= 11 is 5.67. The zero-order valence-electron chi connectivity index (χ0n) is 5.70. The summed E-state index contributed by atoms with van der Waals surface area (Å²) in [6, 6.07) is 7.53. The van der Waals surface area contributed by atoms with Crippen LogP contribution in [0.3, 0.4) is 0 Å². The van der Waals surface area contributed by atoms with Crippen molar-refractivity contribution >= 4 is 23.5 Å². The molecule has 1 aliphatic rings. The monoisotopic (exact) mass is 167 g/mol. The van der Waals surface area contributed by atoms with Gasteiger partial charge in [-0.15, -0.1) is 0 Å². The molecule has 1 heterocycles. The fraction of sp³-hybridized carbons (Fsp3) is 0.125. The van der Waals surface area contributed by atoms with Crippen molar-refractivity contribution in [3.05, 3.63) is 24.3 Å². The Hall–Kier alpha value is -1.02. The minimum atomic E-state index is -0.426. The Labute approximate surface area is 69.5 Å². The predicted octanol–water partition coefficient (Wildman–Crippen LogP) is 2.35. The average molecular weight is 168 g/mol. The molecule has 1 atom stereocenters. The van der Waals surface area contributed by atoms with Gasteiger partial charge in [-0.3, -0.25) is 4.99 Å². The highest BCUT2D eigenvalue weighted by Gasteiger charge is 2.11. The van der Waals surface area contributed by atoms with Gasteiger partial charge in [-0.2, -0.15) is 0 Å². The highest BCUT2D eigenvalue weighted by Crippen LogP contribution is 2.30. The van der Waals surface area contributed by atoms with E-state index in [1.807, 2.05) is 24.3 Å². The lowest BCUT2D eigenvalue weighted by molar-refractivity contribution is 0.342. The molecule has 0 N–H and O–H groups in total. The predicted molar refractivity (Wildman–Crippen MR) is 44.9 cm³/mol. The van der Waals surface area contributed by atoms with Gasteiger partial charge in [-0.1, -0.05) is 23.7 Å². The molecule has 0 fully saturated rings. The van der Waals surface area contributed by atoms with Crippen LogP contribution in [0.5, 0.6) is 5.75 Å². The number of para-hydroxylation sites is 2. The van der Waals surface area contributed by atoms with Gasteiger partial charge in [0.2, 0.25) is 5.56 Å². The summed E-state index contributed by atoms with van der Waals surface area (Å²) in [4.78, 5) is 4.09. The molecule has 0 aromatic heterocycles. The summed E-state index contributed by atoms with van der Waals surface area (Å²) in [7, 11) is 0. The second-order valence-electron chi connectivity index (χ2n) is 2.21. The van der Waals surface area contributed by atoms with Gasteiger partial charge in [0.1, 0.15) is 11.4 Å². The molecule has 1 aromatic rings. The maximum absolute atomic E-state index is 5.67. The number of hydrogen-bond acceptors (Lipinski definition) is 2. The Kier molecular flexibility index (Phi) is 1.55. The maximum atomic E-state index is 5.67. The largest absolute Gasteiger partial charge is 0.467 e. The fourth-order valence-electron chi connectivity index (χ4n) is 0.954. The Morgan fingerprint density at radius 3 is 3.09 bits per heavy atom. The molecular formula is C8H6ClNO. The van der Waals surface area contributed by atoms with Crippen LogP contribution in [0.15, 0.2) is 29.3 Å². The van der Waals surface area contributed by atoms with Crippen molar-refractivity contribution < 1.29 is 4.74 Å². The van der Waals surface area contributed by atoms with Gasteiger partial charge in [0.15, 0.2) is 0 Å². The summed E-state index contributed by atoms with van der Waals surface area (Å²) in [6.45, 7) is 0. The van der Waals surface area contributed by atoms with E-state index in [9.17, 15) is 0 Å². The third-order valence-electron chi connectivity index (χ3n) is 1.44. The zero-order valence-corrected chi connectivity index (χ0v) is 6.45. The van der Waals surface area contributed by atoms with E-state index in [-0.39, 0.29) is 0 Å². The van der Waals surface area contributed by atoms with Crippen molar-refractivity contribution in [2.45, 2.75) is 5.56 Å². The molecule has 0 amide bonds. The van der Waals surface area contributed by atoms with Crippen LogP contribution >= 0.6 is 11.6 Å². The Balaban J connectivity index is 2.46. The van der Waals surface area contributed by atoms with Gasteiger partial charge >= 0.3 is 0 Å². The Bertz CT molecular complexity index is 298. The van der Waals surface area contributed by atoms with Gasteiger partial charge in [-0.25, -0.2) is 0 Å². The quantitative estimate of drug-likeness (QED) is 0.544. The van der Waals surface area contributed by atoms with Crippen molar-refractivity contribution in [1.82, 2.24) is 0 Å². The number of fused-ring (bicyclic) bond motifs is 1. The van der Waals surface area contributed by atoms with Crippen LogP contribution in [0.25, 0.3) is 0 Å². The fourth-order valence-corrected chi connectivity index (χ4v) is 1.11. The van der Waals surface area contributed by atoms with Crippen molar-refractivity contribution in [3.8, 4) is 5.75 Å². The highest BCUT2D eigenvalue weighted by molar-refractivity contribution is 6.27. The molecule has 0 aliphatic carbocycles. The summed E-state index contributed by atoms with van der Waals surface area (Å²) in [5.41, 5.74) is 0.411. The molecule has 0 saturated carbocycles. The first kappa shape index (κ1) is 6.68. The molecule has 3 heteroatoms. The number of hydrogen-bond donors (Lipinski definition) is 0. The summed E-state index contributed by atoms with van der Waals surface area (Å²) in [5, 5.41) is 0. The third kappa shape index (κ3) is 1.21. The number of benzene rings is 1. The standard InChI is InChI=1S/C8H6ClNO/c9-8-5-10-6-3-1-2-4-7(6)11-8/h1-5,8H. The number of rotatable bonds is 0. The molecule has 11 heavy (non-hydrogen) atoms. The van der Waals surface area contributed by atoms with Crippen LogP contribution in [-0.2, 0) is 0 Å². The second-order valence-corrected chi connectivity index (χ2v) is 2.65. The second kappa shape index (κ2) is 2.55. The SMILES string of the molecule is ClC1C=Nc2ccccc2O1. The number of ether oxygens (including phenoxy) is 1. The normalized spacial score (nSPS) is 20.6. The lowest BCUT2D eigenvalue weighted by Gasteiger charge is -2.14. The first-order valence-electron chi connectivity index (χ1n) is 3.30. The third-order valence-corrected chi connectivity index (χ3v) is 1.64. The van der Waals surface area contributed by atoms with E-state index in [0.29, 0.717) is 0 Å². The van der Waals surface area contributed by atoms with E-state index in [1.165, 1.54) is 0 Å². The van der Waals surface area contributed by atoms with E-state index in [0.717, 1.165) is 11.4 Å². The Morgan fingerprint density at radius 2 is 2.18 bits per heavy atom. The molecule has 0 radical (unpaired) electrons. The van der Waals surface area contributed by atoms with Crippen LogP contribution in [0, 0.1) is 0 Å². The lowest BCUT2D eigenvalue weighted by atomic mass is 10.3. The van der Waals surface area contributed by atoms with Gasteiger partial charge in [0.25, 0.3) is 0 Å². The summed E-state index contributed by atoms with van der Waals surface area (Å²) < 4.78 is 5.25. The first-order chi connectivity index (χ1) is 5.36. The maximum Gasteiger partial charge on any atom is 0.207 e. The summed E-state index contributed by atoms with van der Waals surface area (Å²) in [6.07, 6.45) is 1.57. The van der Waals surface area contributed by atoms with Crippen molar-refractivity contribution in [3.63, 3.8) is 0 Å². The van der Waals surface area contributed by atoms with E-state index in [1.54, 1.807) is 6.21 Å². The number of halogens is 1. The molecule has 2 rings (SSSR count).